The molecule has 0 bridgehead atoms. The Kier molecular flexibility index (Phi) is 4.65. The number of anilines is 2. The molecule has 1 aliphatic rings. The van der Waals surface area contributed by atoms with E-state index in [2.05, 4.69) is 47.2 Å². The van der Waals surface area contributed by atoms with Gasteiger partial charge in [0, 0.05) is 38.2 Å². The van der Waals surface area contributed by atoms with Crippen LogP contribution >= 0.6 is 15.9 Å². The van der Waals surface area contributed by atoms with Crippen LogP contribution in [0.5, 0.6) is 0 Å². The van der Waals surface area contributed by atoms with Crippen molar-refractivity contribution in [2.75, 3.05) is 23.3 Å². The summed E-state index contributed by atoms with van der Waals surface area (Å²) in [6.07, 6.45) is 9.21. The fourth-order valence-corrected chi connectivity index (χ4v) is 2.66. The first-order chi connectivity index (χ1) is 10.3. The quantitative estimate of drug-likeness (QED) is 0.919. The zero-order chi connectivity index (χ0) is 14.5. The van der Waals surface area contributed by atoms with Crippen molar-refractivity contribution in [1.29, 1.82) is 0 Å². The number of pyridine rings is 1. The molecule has 0 atom stereocenters. The normalized spacial score (nSPS) is 15.0. The summed E-state index contributed by atoms with van der Waals surface area (Å²) in [5, 5.41) is 3.23. The van der Waals surface area contributed by atoms with Gasteiger partial charge >= 0.3 is 0 Å². The number of piperidine rings is 1. The second-order valence-corrected chi connectivity index (χ2v) is 6.06. The molecule has 0 unspecified atom stereocenters. The van der Waals surface area contributed by atoms with Crippen molar-refractivity contribution >= 4 is 27.7 Å². The molecule has 0 saturated carbocycles. The summed E-state index contributed by atoms with van der Waals surface area (Å²) < 4.78 is 0.879. The molecule has 2 aromatic heterocycles. The van der Waals surface area contributed by atoms with Crippen LogP contribution < -0.4 is 10.2 Å². The van der Waals surface area contributed by atoms with Crippen LogP contribution in [0.1, 0.15) is 24.8 Å². The van der Waals surface area contributed by atoms with Crippen LogP contribution in [0.4, 0.5) is 11.8 Å². The molecule has 3 heterocycles. The summed E-state index contributed by atoms with van der Waals surface area (Å²) in [5.74, 6) is 1.71. The maximum Gasteiger partial charge on any atom is 0.222 e. The van der Waals surface area contributed by atoms with Crippen molar-refractivity contribution < 1.29 is 0 Å². The van der Waals surface area contributed by atoms with Gasteiger partial charge in [-0.1, -0.05) is 0 Å². The van der Waals surface area contributed by atoms with E-state index in [0.29, 0.717) is 12.5 Å². The van der Waals surface area contributed by atoms with Crippen molar-refractivity contribution in [2.24, 2.45) is 0 Å². The van der Waals surface area contributed by atoms with Crippen LogP contribution in [0.2, 0.25) is 0 Å². The van der Waals surface area contributed by atoms with Gasteiger partial charge in [0.25, 0.3) is 0 Å². The summed E-state index contributed by atoms with van der Waals surface area (Å²) >= 11 is 3.33. The van der Waals surface area contributed by atoms with Gasteiger partial charge in [0.15, 0.2) is 0 Å². The van der Waals surface area contributed by atoms with Crippen molar-refractivity contribution in [3.8, 4) is 0 Å². The molecule has 3 rings (SSSR count). The number of hydrogen-bond acceptors (Lipinski definition) is 5. The monoisotopic (exact) mass is 347 g/mol. The van der Waals surface area contributed by atoms with Gasteiger partial charge in [0.1, 0.15) is 5.82 Å². The largest absolute Gasteiger partial charge is 0.357 e. The Labute approximate surface area is 133 Å². The average Bonchev–Trinajstić information content (AvgIpc) is 2.55. The number of aromatic nitrogens is 3. The molecule has 5 nitrogen and oxygen atoms in total. The van der Waals surface area contributed by atoms with E-state index in [1.54, 1.807) is 12.4 Å². The Morgan fingerprint density at radius 2 is 1.86 bits per heavy atom. The molecule has 1 saturated heterocycles. The first-order valence-electron chi connectivity index (χ1n) is 7.22. The summed E-state index contributed by atoms with van der Waals surface area (Å²) in [6, 6.07) is 4.18. The van der Waals surface area contributed by atoms with E-state index in [9.17, 15) is 0 Å². The van der Waals surface area contributed by atoms with Gasteiger partial charge in [-0.05, 0) is 52.9 Å². The lowest BCUT2D eigenvalue weighted by Crippen LogP contribution is -2.30. The van der Waals surface area contributed by atoms with Crippen LogP contribution in [0, 0.1) is 0 Å². The first kappa shape index (κ1) is 14.3. The highest BCUT2D eigenvalue weighted by Crippen LogP contribution is 2.18. The second kappa shape index (κ2) is 6.85. The van der Waals surface area contributed by atoms with Crippen molar-refractivity contribution in [3.63, 3.8) is 0 Å². The Morgan fingerprint density at radius 3 is 2.62 bits per heavy atom. The number of nitrogens with one attached hydrogen (secondary N) is 1. The molecular weight excluding hydrogens is 330 g/mol. The third-order valence-electron chi connectivity index (χ3n) is 3.56. The fraction of sp³-hybridized carbons (Fsp3) is 0.400. The predicted octanol–water partition coefficient (Wildman–Crippen LogP) is 3.24. The van der Waals surface area contributed by atoms with Crippen LogP contribution in [0.3, 0.4) is 0 Å². The molecule has 6 heteroatoms. The first-order valence-corrected chi connectivity index (χ1v) is 8.02. The van der Waals surface area contributed by atoms with E-state index in [0.717, 1.165) is 23.4 Å². The molecule has 0 amide bonds. The highest BCUT2D eigenvalue weighted by molar-refractivity contribution is 9.10. The number of nitrogens with zero attached hydrogens (tertiary/aromatic N) is 4. The van der Waals surface area contributed by atoms with Gasteiger partial charge in [-0.3, -0.25) is 0 Å². The number of hydrogen-bond donors (Lipinski definition) is 1. The molecule has 0 aromatic carbocycles. The highest BCUT2D eigenvalue weighted by Gasteiger charge is 2.12. The maximum atomic E-state index is 4.49. The average molecular weight is 348 g/mol. The molecule has 1 N–H and O–H groups in total. The van der Waals surface area contributed by atoms with Crippen molar-refractivity contribution in [3.05, 3.63) is 40.8 Å². The molecule has 110 valence electrons. The maximum absolute atomic E-state index is 4.49. The van der Waals surface area contributed by atoms with E-state index < -0.39 is 0 Å². The molecule has 21 heavy (non-hydrogen) atoms. The molecule has 0 aliphatic carbocycles. The van der Waals surface area contributed by atoms with E-state index in [4.69, 9.17) is 0 Å². The lowest BCUT2D eigenvalue weighted by atomic mass is 10.1. The number of rotatable bonds is 4. The Hall–Kier alpha value is -1.69. The standard InChI is InChI=1S/C15H18BrN5/c16-13-10-19-15(20-11-13)18-9-12-4-5-17-14(8-12)21-6-2-1-3-7-21/h4-5,8,10-11H,1-3,6-7,9H2,(H,18,19,20). The fourth-order valence-electron chi connectivity index (χ4n) is 2.45. The zero-order valence-electron chi connectivity index (χ0n) is 11.8. The van der Waals surface area contributed by atoms with Crippen LogP contribution in [0.15, 0.2) is 35.2 Å². The highest BCUT2D eigenvalue weighted by atomic mass is 79.9. The van der Waals surface area contributed by atoms with Gasteiger partial charge in [-0.25, -0.2) is 15.0 Å². The Morgan fingerprint density at radius 1 is 1.10 bits per heavy atom. The minimum atomic E-state index is 0.634. The van der Waals surface area contributed by atoms with E-state index >= 15 is 0 Å². The lowest BCUT2D eigenvalue weighted by molar-refractivity contribution is 0.573. The SMILES string of the molecule is Brc1cnc(NCc2ccnc(N3CCCCC3)c2)nc1. The third kappa shape index (κ3) is 3.91. The summed E-state index contributed by atoms with van der Waals surface area (Å²) in [7, 11) is 0. The summed E-state index contributed by atoms with van der Waals surface area (Å²) in [6.45, 7) is 2.92. The van der Waals surface area contributed by atoms with E-state index in [1.165, 1.54) is 24.8 Å². The topological polar surface area (TPSA) is 53.9 Å². The molecule has 1 fully saturated rings. The van der Waals surface area contributed by atoms with Gasteiger partial charge in [-0.2, -0.15) is 0 Å². The molecule has 1 aliphatic heterocycles. The van der Waals surface area contributed by atoms with Crippen LogP contribution in [-0.4, -0.2) is 28.0 Å². The Balaban J connectivity index is 1.64. The predicted molar refractivity (Wildman–Crippen MR) is 87.4 cm³/mol. The van der Waals surface area contributed by atoms with E-state index in [1.807, 2.05) is 12.3 Å². The van der Waals surface area contributed by atoms with Crippen molar-refractivity contribution in [1.82, 2.24) is 15.0 Å². The van der Waals surface area contributed by atoms with Gasteiger partial charge in [-0.15, -0.1) is 0 Å². The van der Waals surface area contributed by atoms with Gasteiger partial charge in [0.05, 0.1) is 4.47 Å². The lowest BCUT2D eigenvalue weighted by Gasteiger charge is -2.27. The van der Waals surface area contributed by atoms with Gasteiger partial charge in [0.2, 0.25) is 5.95 Å². The minimum Gasteiger partial charge on any atom is -0.357 e. The Bertz CT molecular complexity index is 581. The molecular formula is C15H18BrN5. The van der Waals surface area contributed by atoms with Crippen molar-refractivity contribution in [2.45, 2.75) is 25.8 Å². The summed E-state index contributed by atoms with van der Waals surface area (Å²) in [4.78, 5) is 15.3. The second-order valence-electron chi connectivity index (χ2n) is 5.15. The molecule has 0 spiro atoms. The van der Waals surface area contributed by atoms with Gasteiger partial charge < -0.3 is 10.2 Å². The molecule has 2 aromatic rings. The smallest absolute Gasteiger partial charge is 0.222 e. The third-order valence-corrected chi connectivity index (χ3v) is 3.97. The molecule has 0 radical (unpaired) electrons. The minimum absolute atomic E-state index is 0.634. The number of halogens is 1. The zero-order valence-corrected chi connectivity index (χ0v) is 13.4. The summed E-state index contributed by atoms with van der Waals surface area (Å²) in [5.41, 5.74) is 1.19. The van der Waals surface area contributed by atoms with Crippen LogP contribution in [-0.2, 0) is 6.54 Å². The van der Waals surface area contributed by atoms with Crippen LogP contribution in [0.25, 0.3) is 0 Å². The van der Waals surface area contributed by atoms with E-state index in [-0.39, 0.29) is 0 Å².